The summed E-state index contributed by atoms with van der Waals surface area (Å²) in [6.07, 6.45) is 2.86. The lowest BCUT2D eigenvalue weighted by Crippen LogP contribution is -2.08. The van der Waals surface area contributed by atoms with E-state index in [0.29, 0.717) is 5.69 Å². The van der Waals surface area contributed by atoms with Crippen molar-refractivity contribution in [2.75, 3.05) is 0 Å². The maximum Gasteiger partial charge on any atom is 0.227 e. The van der Waals surface area contributed by atoms with Gasteiger partial charge in [-0.3, -0.25) is 9.48 Å². The van der Waals surface area contributed by atoms with Crippen molar-refractivity contribution < 1.29 is 14.3 Å². The van der Waals surface area contributed by atoms with Gasteiger partial charge in [0.2, 0.25) is 11.2 Å². The van der Waals surface area contributed by atoms with Crippen molar-refractivity contribution in [1.29, 1.82) is 0 Å². The van der Waals surface area contributed by atoms with Crippen LogP contribution in [0.2, 0.25) is 0 Å². The van der Waals surface area contributed by atoms with E-state index in [1.165, 1.54) is 17.0 Å². The predicted molar refractivity (Wildman–Crippen MR) is 56.2 cm³/mol. The summed E-state index contributed by atoms with van der Waals surface area (Å²) in [4.78, 5) is 11.5. The Morgan fingerprint density at radius 3 is 3.00 bits per heavy atom. The normalized spacial score (nSPS) is 10.5. The van der Waals surface area contributed by atoms with Crippen LogP contribution in [0.15, 0.2) is 27.7 Å². The number of hydrogen-bond acceptors (Lipinski definition) is 6. The Morgan fingerprint density at radius 2 is 2.41 bits per heavy atom. The highest BCUT2D eigenvalue weighted by molar-refractivity contribution is 5.17. The first-order chi connectivity index (χ1) is 8.19. The van der Waals surface area contributed by atoms with Crippen molar-refractivity contribution >= 4 is 0 Å². The number of aromatic nitrogens is 3. The fourth-order valence-electron chi connectivity index (χ4n) is 1.24. The molecule has 0 radical (unpaired) electrons. The van der Waals surface area contributed by atoms with Crippen LogP contribution >= 0.6 is 0 Å². The van der Waals surface area contributed by atoms with Gasteiger partial charge in [-0.2, -0.15) is 0 Å². The molecular weight excluding hydrogens is 226 g/mol. The molecule has 7 heteroatoms. The summed E-state index contributed by atoms with van der Waals surface area (Å²) in [5.41, 5.74) is 0.266. The molecule has 1 N–H and O–H groups in total. The minimum atomic E-state index is -0.343. The van der Waals surface area contributed by atoms with Gasteiger partial charge in [0.05, 0.1) is 6.20 Å². The first kappa shape index (κ1) is 11.3. The zero-order valence-electron chi connectivity index (χ0n) is 9.16. The number of rotatable bonds is 4. The Bertz CT molecular complexity index is 561. The van der Waals surface area contributed by atoms with Gasteiger partial charge in [-0.15, -0.1) is 5.10 Å². The van der Waals surface area contributed by atoms with Crippen molar-refractivity contribution in [2.24, 2.45) is 7.05 Å². The highest BCUT2D eigenvalue weighted by Gasteiger charge is 2.05. The third-order valence-corrected chi connectivity index (χ3v) is 2.03. The molecule has 2 heterocycles. The predicted octanol–water partition coefficient (Wildman–Crippen LogP) is -0.160. The second-order valence-electron chi connectivity index (χ2n) is 3.41. The Morgan fingerprint density at radius 1 is 1.59 bits per heavy atom. The standard InChI is InChI=1S/C10H11N3O4/c1-13-3-7(11-12-13)5-17-10-6-16-8(4-14)2-9(10)15/h2-3,6,14H,4-5H2,1H3. The average molecular weight is 237 g/mol. The molecule has 0 aromatic carbocycles. The lowest BCUT2D eigenvalue weighted by atomic mass is 10.4. The second kappa shape index (κ2) is 4.79. The Kier molecular flexibility index (Phi) is 3.20. The van der Waals surface area contributed by atoms with E-state index in [0.717, 1.165) is 0 Å². The van der Waals surface area contributed by atoms with Crippen molar-refractivity contribution in [2.45, 2.75) is 13.2 Å². The molecule has 0 saturated heterocycles. The van der Waals surface area contributed by atoms with Crippen LogP contribution in [0.4, 0.5) is 0 Å². The van der Waals surface area contributed by atoms with Gasteiger partial charge in [0.1, 0.15) is 30.9 Å². The van der Waals surface area contributed by atoms with Crippen LogP contribution in [0.1, 0.15) is 11.5 Å². The van der Waals surface area contributed by atoms with Gasteiger partial charge in [-0.1, -0.05) is 5.21 Å². The lowest BCUT2D eigenvalue weighted by Gasteiger charge is -2.02. The van der Waals surface area contributed by atoms with Gasteiger partial charge in [0.25, 0.3) is 0 Å². The fourth-order valence-corrected chi connectivity index (χ4v) is 1.24. The number of aliphatic hydroxyl groups excluding tert-OH is 1. The van der Waals surface area contributed by atoms with Gasteiger partial charge in [-0.05, 0) is 0 Å². The van der Waals surface area contributed by atoms with E-state index in [1.54, 1.807) is 13.2 Å². The van der Waals surface area contributed by atoms with Gasteiger partial charge >= 0.3 is 0 Å². The van der Waals surface area contributed by atoms with Crippen molar-refractivity contribution in [3.8, 4) is 5.75 Å². The molecule has 0 amide bonds. The van der Waals surface area contributed by atoms with Gasteiger partial charge in [0, 0.05) is 13.1 Å². The van der Waals surface area contributed by atoms with Crippen molar-refractivity contribution in [1.82, 2.24) is 15.0 Å². The largest absolute Gasteiger partial charge is 0.480 e. The molecule has 0 aliphatic rings. The molecule has 0 aliphatic carbocycles. The van der Waals surface area contributed by atoms with E-state index in [9.17, 15) is 4.79 Å². The molecule has 2 aromatic heterocycles. The van der Waals surface area contributed by atoms with Gasteiger partial charge in [0.15, 0.2) is 0 Å². The van der Waals surface area contributed by atoms with Crippen LogP contribution in [-0.2, 0) is 20.3 Å². The minimum absolute atomic E-state index is 0.0767. The summed E-state index contributed by atoms with van der Waals surface area (Å²) < 4.78 is 11.7. The summed E-state index contributed by atoms with van der Waals surface area (Å²) in [5, 5.41) is 16.3. The molecule has 2 aromatic rings. The molecule has 0 aliphatic heterocycles. The first-order valence-corrected chi connectivity index (χ1v) is 4.89. The summed E-state index contributed by atoms with van der Waals surface area (Å²) in [7, 11) is 1.74. The molecule has 0 bridgehead atoms. The monoisotopic (exact) mass is 237 g/mol. The minimum Gasteiger partial charge on any atom is -0.480 e. The third-order valence-electron chi connectivity index (χ3n) is 2.03. The first-order valence-electron chi connectivity index (χ1n) is 4.89. The second-order valence-corrected chi connectivity index (χ2v) is 3.41. The Balaban J connectivity index is 2.06. The van der Waals surface area contributed by atoms with Crippen LogP contribution in [0.5, 0.6) is 5.75 Å². The fraction of sp³-hybridized carbons (Fsp3) is 0.300. The molecule has 0 saturated carbocycles. The smallest absolute Gasteiger partial charge is 0.227 e. The summed E-state index contributed by atoms with van der Waals surface area (Å²) in [6, 6.07) is 1.19. The molecular formula is C10H11N3O4. The zero-order chi connectivity index (χ0) is 12.3. The lowest BCUT2D eigenvalue weighted by molar-refractivity contribution is 0.235. The van der Waals surface area contributed by atoms with E-state index >= 15 is 0 Å². The molecule has 0 atom stereocenters. The number of ether oxygens (including phenoxy) is 1. The van der Waals surface area contributed by atoms with Crippen molar-refractivity contribution in [3.05, 3.63) is 40.2 Å². The molecule has 2 rings (SSSR count). The topological polar surface area (TPSA) is 90.4 Å². The average Bonchev–Trinajstić information content (AvgIpc) is 2.73. The summed E-state index contributed by atoms with van der Waals surface area (Å²) >= 11 is 0. The highest BCUT2D eigenvalue weighted by Crippen LogP contribution is 2.07. The molecule has 17 heavy (non-hydrogen) atoms. The molecule has 0 fully saturated rings. The Hall–Kier alpha value is -2.15. The number of aryl methyl sites for hydroxylation is 1. The van der Waals surface area contributed by atoms with Crippen molar-refractivity contribution in [3.63, 3.8) is 0 Å². The third kappa shape index (κ3) is 2.70. The molecule has 0 spiro atoms. The van der Waals surface area contributed by atoms with E-state index in [4.69, 9.17) is 14.3 Å². The van der Waals surface area contributed by atoms with Gasteiger partial charge in [-0.25, -0.2) is 0 Å². The number of hydrogen-bond donors (Lipinski definition) is 1. The van der Waals surface area contributed by atoms with Crippen LogP contribution in [-0.4, -0.2) is 20.1 Å². The highest BCUT2D eigenvalue weighted by atomic mass is 16.5. The SMILES string of the molecule is Cn1cc(COc2coc(CO)cc2=O)nn1. The van der Waals surface area contributed by atoms with Crippen LogP contribution in [0.25, 0.3) is 0 Å². The maximum absolute atomic E-state index is 11.5. The number of aliphatic hydroxyl groups is 1. The van der Waals surface area contributed by atoms with Crippen LogP contribution in [0.3, 0.4) is 0 Å². The Labute approximate surface area is 96.3 Å². The maximum atomic E-state index is 11.5. The van der Waals surface area contributed by atoms with E-state index in [-0.39, 0.29) is 30.2 Å². The van der Waals surface area contributed by atoms with E-state index in [2.05, 4.69) is 10.3 Å². The summed E-state index contributed by atoms with van der Waals surface area (Å²) in [6.45, 7) is -0.184. The molecule has 90 valence electrons. The van der Waals surface area contributed by atoms with E-state index in [1.807, 2.05) is 0 Å². The van der Waals surface area contributed by atoms with E-state index < -0.39 is 0 Å². The zero-order valence-corrected chi connectivity index (χ0v) is 9.16. The number of nitrogens with zero attached hydrogens (tertiary/aromatic N) is 3. The summed E-state index contributed by atoms with van der Waals surface area (Å²) in [5.74, 6) is 0.273. The quantitative estimate of drug-likeness (QED) is 0.794. The van der Waals surface area contributed by atoms with Crippen LogP contribution < -0.4 is 10.2 Å². The molecule has 7 nitrogen and oxygen atoms in total. The van der Waals surface area contributed by atoms with Gasteiger partial charge < -0.3 is 14.3 Å². The molecule has 0 unspecified atom stereocenters. The van der Waals surface area contributed by atoms with Crippen LogP contribution in [0, 0.1) is 0 Å².